The lowest BCUT2D eigenvalue weighted by molar-refractivity contribution is -0.120. The van der Waals surface area contributed by atoms with Gasteiger partial charge in [-0.15, -0.1) is 11.3 Å². The Morgan fingerprint density at radius 3 is 2.85 bits per heavy atom. The lowest BCUT2D eigenvalue weighted by atomic mass is 10.1. The standard InChI is InChI=1S/C20H19N3O2S/c1-13-12-23(16-8-4-2-6-14(16)22-20(13)25)19(24)11-10-18-21-15-7-3-5-9-17(15)26-18/h2-9,13H,10-12H2,1H3,(H,22,25). The second-order valence-electron chi connectivity index (χ2n) is 6.49. The van der Waals surface area contributed by atoms with Crippen LogP contribution in [0.4, 0.5) is 11.4 Å². The van der Waals surface area contributed by atoms with Crippen molar-refractivity contribution in [2.45, 2.75) is 19.8 Å². The fourth-order valence-electron chi connectivity index (χ4n) is 3.14. The summed E-state index contributed by atoms with van der Waals surface area (Å²) in [5.41, 5.74) is 2.43. The summed E-state index contributed by atoms with van der Waals surface area (Å²) in [5, 5.41) is 3.87. The highest BCUT2D eigenvalue weighted by molar-refractivity contribution is 7.18. The molecule has 5 nitrogen and oxygen atoms in total. The number of nitrogens with one attached hydrogen (secondary N) is 1. The summed E-state index contributed by atoms with van der Waals surface area (Å²) in [5.74, 6) is -0.298. The van der Waals surface area contributed by atoms with Crippen LogP contribution in [-0.4, -0.2) is 23.3 Å². The quantitative estimate of drug-likeness (QED) is 0.767. The fourth-order valence-corrected chi connectivity index (χ4v) is 4.10. The van der Waals surface area contributed by atoms with Crippen molar-refractivity contribution in [3.63, 3.8) is 0 Å². The smallest absolute Gasteiger partial charge is 0.229 e. The first kappa shape index (κ1) is 16.7. The average molecular weight is 365 g/mol. The maximum Gasteiger partial charge on any atom is 0.229 e. The van der Waals surface area contributed by atoms with E-state index in [9.17, 15) is 9.59 Å². The molecule has 1 atom stereocenters. The van der Waals surface area contributed by atoms with Gasteiger partial charge in [-0.25, -0.2) is 4.98 Å². The Bertz CT molecular complexity index is 949. The first-order valence-electron chi connectivity index (χ1n) is 8.66. The van der Waals surface area contributed by atoms with Crippen LogP contribution in [-0.2, 0) is 16.0 Å². The van der Waals surface area contributed by atoms with Gasteiger partial charge in [0.2, 0.25) is 11.8 Å². The topological polar surface area (TPSA) is 62.3 Å². The summed E-state index contributed by atoms with van der Waals surface area (Å²) >= 11 is 1.63. The molecule has 0 saturated carbocycles. The van der Waals surface area contributed by atoms with E-state index in [1.165, 1.54) is 0 Å². The summed E-state index contributed by atoms with van der Waals surface area (Å²) in [6.45, 7) is 2.23. The Balaban J connectivity index is 1.54. The Kier molecular flexibility index (Phi) is 4.42. The van der Waals surface area contributed by atoms with Crippen LogP contribution in [0.5, 0.6) is 0 Å². The molecule has 1 aliphatic heterocycles. The number of hydrogen-bond acceptors (Lipinski definition) is 4. The molecule has 0 fully saturated rings. The normalized spacial score (nSPS) is 16.9. The Morgan fingerprint density at radius 1 is 1.23 bits per heavy atom. The largest absolute Gasteiger partial charge is 0.324 e. The zero-order valence-corrected chi connectivity index (χ0v) is 15.3. The molecule has 0 radical (unpaired) electrons. The summed E-state index contributed by atoms with van der Waals surface area (Å²) in [6, 6.07) is 15.4. The van der Waals surface area contributed by atoms with Gasteiger partial charge in [0.1, 0.15) is 0 Å². The first-order valence-corrected chi connectivity index (χ1v) is 9.48. The van der Waals surface area contributed by atoms with Crippen LogP contribution >= 0.6 is 11.3 Å². The zero-order chi connectivity index (χ0) is 18.1. The number of para-hydroxylation sites is 3. The molecule has 0 bridgehead atoms. The van der Waals surface area contributed by atoms with Crippen LogP contribution in [0.2, 0.25) is 0 Å². The lowest BCUT2D eigenvalue weighted by Crippen LogP contribution is -2.36. The van der Waals surface area contributed by atoms with Crippen molar-refractivity contribution in [3.8, 4) is 0 Å². The van der Waals surface area contributed by atoms with Crippen molar-refractivity contribution >= 4 is 44.7 Å². The minimum absolute atomic E-state index is 0.0139. The molecule has 2 aromatic carbocycles. The predicted octanol–water partition coefficient (Wildman–Crippen LogP) is 3.85. The molecule has 1 N–H and O–H groups in total. The number of carbonyl (C=O) groups excluding carboxylic acids is 2. The van der Waals surface area contributed by atoms with E-state index >= 15 is 0 Å². The van der Waals surface area contributed by atoms with Gasteiger partial charge in [-0.2, -0.15) is 0 Å². The van der Waals surface area contributed by atoms with Crippen molar-refractivity contribution in [2.75, 3.05) is 16.8 Å². The van der Waals surface area contributed by atoms with Crippen molar-refractivity contribution in [1.29, 1.82) is 0 Å². The van der Waals surface area contributed by atoms with Crippen LogP contribution in [0.3, 0.4) is 0 Å². The molecule has 0 aliphatic carbocycles. The number of thiazole rings is 1. The molecule has 6 heteroatoms. The Hall–Kier alpha value is -2.73. The van der Waals surface area contributed by atoms with E-state index in [2.05, 4.69) is 10.3 Å². The van der Waals surface area contributed by atoms with Crippen molar-refractivity contribution < 1.29 is 9.59 Å². The fraction of sp³-hybridized carbons (Fsp3) is 0.250. The molecular weight excluding hydrogens is 346 g/mol. The molecule has 0 spiro atoms. The van der Waals surface area contributed by atoms with E-state index < -0.39 is 0 Å². The van der Waals surface area contributed by atoms with Crippen molar-refractivity contribution in [1.82, 2.24) is 4.98 Å². The molecule has 2 amide bonds. The number of rotatable bonds is 3. The van der Waals surface area contributed by atoms with Gasteiger partial charge in [-0.1, -0.05) is 31.2 Å². The van der Waals surface area contributed by atoms with Crippen molar-refractivity contribution in [3.05, 3.63) is 53.5 Å². The number of amides is 2. The number of hydrogen-bond donors (Lipinski definition) is 1. The average Bonchev–Trinajstić information content (AvgIpc) is 3.02. The van der Waals surface area contributed by atoms with Crippen LogP contribution < -0.4 is 10.2 Å². The van der Waals surface area contributed by atoms with E-state index in [-0.39, 0.29) is 17.7 Å². The van der Waals surface area contributed by atoms with E-state index in [0.717, 1.165) is 20.9 Å². The molecular formula is C20H19N3O2S. The predicted molar refractivity (Wildman–Crippen MR) is 105 cm³/mol. The van der Waals surface area contributed by atoms with Crippen LogP contribution in [0, 0.1) is 5.92 Å². The summed E-state index contributed by atoms with van der Waals surface area (Å²) in [7, 11) is 0. The number of anilines is 2. The van der Waals surface area contributed by atoms with Gasteiger partial charge < -0.3 is 10.2 Å². The first-order chi connectivity index (χ1) is 12.6. The highest BCUT2D eigenvalue weighted by atomic mass is 32.1. The lowest BCUT2D eigenvalue weighted by Gasteiger charge is -2.23. The molecule has 2 heterocycles. The third-order valence-electron chi connectivity index (χ3n) is 4.55. The number of carbonyl (C=O) groups is 2. The molecule has 1 unspecified atom stereocenters. The van der Waals surface area contributed by atoms with Gasteiger partial charge in [0.25, 0.3) is 0 Å². The van der Waals surface area contributed by atoms with Gasteiger partial charge in [0, 0.05) is 19.4 Å². The molecule has 1 aromatic heterocycles. The van der Waals surface area contributed by atoms with Crippen LogP contribution in [0.15, 0.2) is 48.5 Å². The molecule has 26 heavy (non-hydrogen) atoms. The van der Waals surface area contributed by atoms with Gasteiger partial charge >= 0.3 is 0 Å². The van der Waals surface area contributed by atoms with Gasteiger partial charge in [0.05, 0.1) is 32.5 Å². The third-order valence-corrected chi connectivity index (χ3v) is 5.64. The Morgan fingerprint density at radius 2 is 2.00 bits per heavy atom. The molecule has 0 saturated heterocycles. The number of benzene rings is 2. The maximum absolute atomic E-state index is 12.9. The Labute approximate surface area is 155 Å². The zero-order valence-electron chi connectivity index (χ0n) is 14.4. The summed E-state index contributed by atoms with van der Waals surface area (Å²) in [6.07, 6.45) is 0.974. The monoisotopic (exact) mass is 365 g/mol. The van der Waals surface area contributed by atoms with Gasteiger partial charge in [-0.3, -0.25) is 9.59 Å². The highest BCUT2D eigenvalue weighted by Gasteiger charge is 2.28. The second kappa shape index (κ2) is 6.88. The van der Waals surface area contributed by atoms with Crippen LogP contribution in [0.1, 0.15) is 18.4 Å². The SMILES string of the molecule is CC1CN(C(=O)CCc2nc3ccccc3s2)c2ccccc2NC1=O. The van der Waals surface area contributed by atoms with E-state index in [0.29, 0.717) is 25.1 Å². The number of aromatic nitrogens is 1. The molecule has 1 aliphatic rings. The van der Waals surface area contributed by atoms with E-state index in [4.69, 9.17) is 0 Å². The summed E-state index contributed by atoms with van der Waals surface area (Å²) in [4.78, 5) is 31.4. The number of nitrogens with zero attached hydrogens (tertiary/aromatic N) is 2. The third kappa shape index (κ3) is 3.20. The minimum atomic E-state index is -0.256. The van der Waals surface area contributed by atoms with E-state index in [1.54, 1.807) is 16.2 Å². The maximum atomic E-state index is 12.9. The van der Waals surface area contributed by atoms with Gasteiger partial charge in [0.15, 0.2) is 0 Å². The molecule has 3 aromatic rings. The van der Waals surface area contributed by atoms with E-state index in [1.807, 2.05) is 55.5 Å². The minimum Gasteiger partial charge on any atom is -0.324 e. The summed E-state index contributed by atoms with van der Waals surface area (Å²) < 4.78 is 1.14. The van der Waals surface area contributed by atoms with Crippen LogP contribution in [0.25, 0.3) is 10.2 Å². The number of fused-ring (bicyclic) bond motifs is 2. The van der Waals surface area contributed by atoms with Gasteiger partial charge in [-0.05, 0) is 24.3 Å². The van der Waals surface area contributed by atoms with Crippen molar-refractivity contribution in [2.24, 2.45) is 5.92 Å². The highest BCUT2D eigenvalue weighted by Crippen LogP contribution is 2.31. The second-order valence-corrected chi connectivity index (χ2v) is 7.60. The molecule has 132 valence electrons. The number of aryl methyl sites for hydroxylation is 1. The molecule has 4 rings (SSSR count).